The SMILES string of the molecule is CCCCCCCCCC(=O)NCC(=O)NN=Cc1ccc(OC(=O)c2ccccc2)c(OC)c1. The van der Waals surface area contributed by atoms with Crippen LogP contribution in [-0.2, 0) is 9.59 Å². The van der Waals surface area contributed by atoms with Gasteiger partial charge >= 0.3 is 5.97 Å². The molecule has 0 aliphatic carbocycles. The maximum absolute atomic E-state index is 12.3. The van der Waals surface area contributed by atoms with Crippen LogP contribution in [0.15, 0.2) is 53.6 Å². The average molecular weight is 482 g/mol. The summed E-state index contributed by atoms with van der Waals surface area (Å²) in [5.41, 5.74) is 3.44. The van der Waals surface area contributed by atoms with Gasteiger partial charge in [0.05, 0.1) is 25.4 Å². The molecule has 0 heterocycles. The predicted octanol–water partition coefficient (Wildman–Crippen LogP) is 4.62. The molecule has 8 heteroatoms. The van der Waals surface area contributed by atoms with Crippen molar-refractivity contribution in [2.24, 2.45) is 5.10 Å². The minimum atomic E-state index is -0.494. The van der Waals surface area contributed by atoms with Crippen molar-refractivity contribution in [3.63, 3.8) is 0 Å². The van der Waals surface area contributed by atoms with Gasteiger partial charge in [0, 0.05) is 6.42 Å². The summed E-state index contributed by atoms with van der Waals surface area (Å²) in [5, 5.41) is 6.51. The zero-order chi connectivity index (χ0) is 25.3. The molecule has 188 valence electrons. The Kier molecular flexibility index (Phi) is 12.6. The van der Waals surface area contributed by atoms with Crippen molar-refractivity contribution in [1.82, 2.24) is 10.7 Å². The molecule has 35 heavy (non-hydrogen) atoms. The fraction of sp³-hybridized carbons (Fsp3) is 0.407. The largest absolute Gasteiger partial charge is 0.493 e. The number of nitrogens with one attached hydrogen (secondary N) is 2. The number of nitrogens with zero attached hydrogens (tertiary/aromatic N) is 1. The highest BCUT2D eigenvalue weighted by Crippen LogP contribution is 2.28. The van der Waals surface area contributed by atoms with E-state index in [1.165, 1.54) is 39.0 Å². The Hall–Kier alpha value is -3.68. The highest BCUT2D eigenvalue weighted by Gasteiger charge is 2.12. The summed E-state index contributed by atoms with van der Waals surface area (Å²) in [6, 6.07) is 13.5. The molecule has 2 N–H and O–H groups in total. The number of carbonyl (C=O) groups excluding carboxylic acids is 3. The number of amides is 2. The maximum atomic E-state index is 12.3. The lowest BCUT2D eigenvalue weighted by atomic mass is 10.1. The van der Waals surface area contributed by atoms with Gasteiger partial charge in [-0.2, -0.15) is 5.10 Å². The van der Waals surface area contributed by atoms with Crippen molar-refractivity contribution in [1.29, 1.82) is 0 Å². The van der Waals surface area contributed by atoms with Crippen molar-refractivity contribution in [3.05, 3.63) is 59.7 Å². The maximum Gasteiger partial charge on any atom is 0.343 e. The van der Waals surface area contributed by atoms with Gasteiger partial charge in [0.25, 0.3) is 5.91 Å². The zero-order valence-electron chi connectivity index (χ0n) is 20.5. The summed E-state index contributed by atoms with van der Waals surface area (Å²) in [6.45, 7) is 2.05. The lowest BCUT2D eigenvalue weighted by Gasteiger charge is -2.10. The van der Waals surface area contributed by atoms with Gasteiger partial charge in [0.1, 0.15) is 0 Å². The molecule has 0 unspecified atom stereocenters. The molecule has 0 fully saturated rings. The number of carbonyl (C=O) groups is 3. The number of ether oxygens (including phenoxy) is 2. The first kappa shape index (κ1) is 27.6. The van der Waals surface area contributed by atoms with E-state index in [2.05, 4.69) is 22.8 Å². The molecule has 0 bridgehead atoms. The van der Waals surface area contributed by atoms with Gasteiger partial charge in [-0.15, -0.1) is 0 Å². The van der Waals surface area contributed by atoms with Crippen LogP contribution in [0.2, 0.25) is 0 Å². The summed E-state index contributed by atoms with van der Waals surface area (Å²) >= 11 is 0. The fourth-order valence-electron chi connectivity index (χ4n) is 3.31. The molecule has 2 amide bonds. The van der Waals surface area contributed by atoms with Crippen molar-refractivity contribution in [2.45, 2.75) is 58.3 Å². The minimum Gasteiger partial charge on any atom is -0.493 e. The number of esters is 1. The summed E-state index contributed by atoms with van der Waals surface area (Å²) in [5.74, 6) is -0.433. The number of hydrogen-bond donors (Lipinski definition) is 2. The van der Waals surface area contributed by atoms with Gasteiger partial charge in [-0.1, -0.05) is 63.6 Å². The average Bonchev–Trinajstić information content (AvgIpc) is 2.88. The molecule has 0 atom stereocenters. The van der Waals surface area contributed by atoms with Crippen LogP contribution in [0.3, 0.4) is 0 Å². The molecule has 0 spiro atoms. The topological polar surface area (TPSA) is 106 Å². The lowest BCUT2D eigenvalue weighted by Crippen LogP contribution is -2.34. The van der Waals surface area contributed by atoms with Gasteiger partial charge in [0.2, 0.25) is 5.91 Å². The highest BCUT2D eigenvalue weighted by molar-refractivity contribution is 5.91. The van der Waals surface area contributed by atoms with Crippen LogP contribution < -0.4 is 20.2 Å². The van der Waals surface area contributed by atoms with Crippen molar-refractivity contribution < 1.29 is 23.9 Å². The molecule has 2 aromatic carbocycles. The number of rotatable bonds is 15. The lowest BCUT2D eigenvalue weighted by molar-refractivity contribution is -0.126. The van der Waals surface area contributed by atoms with E-state index in [-0.39, 0.29) is 18.2 Å². The van der Waals surface area contributed by atoms with E-state index in [1.807, 2.05) is 6.07 Å². The monoisotopic (exact) mass is 481 g/mol. The molecular weight excluding hydrogens is 446 g/mol. The van der Waals surface area contributed by atoms with E-state index >= 15 is 0 Å². The second-order valence-electron chi connectivity index (χ2n) is 8.11. The first-order chi connectivity index (χ1) is 17.0. The zero-order valence-corrected chi connectivity index (χ0v) is 20.5. The number of hydrogen-bond acceptors (Lipinski definition) is 6. The third-order valence-electron chi connectivity index (χ3n) is 5.26. The Labute approximate surface area is 207 Å². The van der Waals surface area contributed by atoms with Gasteiger partial charge in [0.15, 0.2) is 11.5 Å². The van der Waals surface area contributed by atoms with Gasteiger partial charge in [-0.3, -0.25) is 9.59 Å². The van der Waals surface area contributed by atoms with Crippen LogP contribution in [-0.4, -0.2) is 37.7 Å². The Balaban J connectivity index is 1.72. The quantitative estimate of drug-likeness (QED) is 0.127. The summed E-state index contributed by atoms with van der Waals surface area (Å²) in [4.78, 5) is 36.1. The second kappa shape index (κ2) is 16.0. The summed E-state index contributed by atoms with van der Waals surface area (Å²) in [6.07, 6.45) is 9.81. The molecule has 0 saturated heterocycles. The first-order valence-corrected chi connectivity index (χ1v) is 12.1. The summed E-state index contributed by atoms with van der Waals surface area (Å²) < 4.78 is 10.7. The summed E-state index contributed by atoms with van der Waals surface area (Å²) in [7, 11) is 1.47. The Morgan fingerprint density at radius 3 is 2.31 bits per heavy atom. The van der Waals surface area contributed by atoms with Gasteiger partial charge in [-0.05, 0) is 42.3 Å². The number of benzene rings is 2. The van der Waals surface area contributed by atoms with Crippen LogP contribution in [0.1, 0.15) is 74.2 Å². The van der Waals surface area contributed by atoms with E-state index < -0.39 is 11.9 Å². The molecule has 2 aromatic rings. The molecule has 0 aliphatic rings. The Morgan fingerprint density at radius 1 is 0.886 bits per heavy atom. The van der Waals surface area contributed by atoms with Crippen molar-refractivity contribution in [2.75, 3.05) is 13.7 Å². The smallest absolute Gasteiger partial charge is 0.343 e. The predicted molar refractivity (Wildman–Crippen MR) is 136 cm³/mol. The molecule has 0 radical (unpaired) electrons. The van der Waals surface area contributed by atoms with Crippen LogP contribution in [0.4, 0.5) is 0 Å². The van der Waals surface area contributed by atoms with E-state index in [0.717, 1.165) is 19.3 Å². The molecule has 0 aromatic heterocycles. The third-order valence-corrected chi connectivity index (χ3v) is 5.26. The second-order valence-corrected chi connectivity index (χ2v) is 8.11. The van der Waals surface area contributed by atoms with Crippen LogP contribution >= 0.6 is 0 Å². The van der Waals surface area contributed by atoms with Crippen LogP contribution in [0.25, 0.3) is 0 Å². The standard InChI is InChI=1S/C27H35N3O5/c1-3-4-5-6-7-8-12-15-25(31)28-20-26(32)30-29-19-21-16-17-23(24(18-21)34-2)35-27(33)22-13-10-9-11-14-22/h9-11,13-14,16-19H,3-8,12,15,20H2,1-2H3,(H,28,31)(H,30,32). The molecule has 0 aliphatic heterocycles. The molecule has 8 nitrogen and oxygen atoms in total. The number of hydrazone groups is 1. The Morgan fingerprint density at radius 2 is 1.60 bits per heavy atom. The van der Waals surface area contributed by atoms with Gasteiger partial charge in [-0.25, -0.2) is 10.2 Å². The third kappa shape index (κ3) is 10.9. The van der Waals surface area contributed by atoms with Crippen molar-refractivity contribution in [3.8, 4) is 11.5 Å². The fourth-order valence-corrected chi connectivity index (χ4v) is 3.31. The molecular formula is C27H35N3O5. The molecule has 2 rings (SSSR count). The minimum absolute atomic E-state index is 0.135. The van der Waals surface area contributed by atoms with E-state index in [9.17, 15) is 14.4 Å². The number of unbranched alkanes of at least 4 members (excludes halogenated alkanes) is 6. The first-order valence-electron chi connectivity index (χ1n) is 12.1. The van der Waals surface area contributed by atoms with Crippen LogP contribution in [0, 0.1) is 0 Å². The van der Waals surface area contributed by atoms with Crippen LogP contribution in [0.5, 0.6) is 11.5 Å². The Bertz CT molecular complexity index is 976. The molecule has 0 saturated carbocycles. The van der Waals surface area contributed by atoms with E-state index in [0.29, 0.717) is 23.3 Å². The van der Waals surface area contributed by atoms with E-state index in [4.69, 9.17) is 9.47 Å². The number of methoxy groups -OCH3 is 1. The highest BCUT2D eigenvalue weighted by atomic mass is 16.6. The normalized spacial score (nSPS) is 10.7. The van der Waals surface area contributed by atoms with Gasteiger partial charge < -0.3 is 14.8 Å². The van der Waals surface area contributed by atoms with E-state index in [1.54, 1.807) is 42.5 Å². The van der Waals surface area contributed by atoms with Crippen molar-refractivity contribution >= 4 is 24.0 Å².